The molecule has 1 aliphatic rings. The number of amides is 1. The van der Waals surface area contributed by atoms with Gasteiger partial charge in [-0.2, -0.15) is 5.10 Å². The molecule has 0 spiro atoms. The van der Waals surface area contributed by atoms with Crippen LogP contribution in [0.1, 0.15) is 11.3 Å². The summed E-state index contributed by atoms with van der Waals surface area (Å²) in [7, 11) is 3.61. The fraction of sp³-hybridized carbons (Fsp3) is 0.333. The van der Waals surface area contributed by atoms with Crippen LogP contribution >= 0.6 is 0 Å². The van der Waals surface area contributed by atoms with Gasteiger partial charge in [0.2, 0.25) is 5.91 Å². The van der Waals surface area contributed by atoms with Crippen molar-refractivity contribution < 1.29 is 4.79 Å². The Morgan fingerprint density at radius 3 is 3.00 bits per heavy atom. The number of hydrogen-bond acceptors (Lipinski definition) is 5. The molecule has 0 saturated carbocycles. The maximum atomic E-state index is 12.7. The average Bonchev–Trinajstić information content (AvgIpc) is 3.17. The minimum atomic E-state index is -0.216. The van der Waals surface area contributed by atoms with Gasteiger partial charge in [0.15, 0.2) is 5.65 Å². The lowest BCUT2D eigenvalue weighted by Crippen LogP contribution is -2.38. The SMILES string of the molecule is CN(CC(=O)N1CCc2ccccc21)Cc1nn(C)c2nc[nH]c(=O)c12. The van der Waals surface area contributed by atoms with E-state index in [1.54, 1.807) is 11.7 Å². The molecule has 26 heavy (non-hydrogen) atoms. The zero-order valence-corrected chi connectivity index (χ0v) is 14.8. The molecule has 1 amide bonds. The lowest BCUT2D eigenvalue weighted by Gasteiger charge is -2.21. The molecule has 0 aliphatic carbocycles. The Bertz CT molecular complexity index is 1040. The van der Waals surface area contributed by atoms with Crippen molar-refractivity contribution in [3.63, 3.8) is 0 Å². The number of aromatic nitrogens is 4. The second kappa shape index (κ2) is 6.38. The zero-order valence-electron chi connectivity index (χ0n) is 14.8. The number of aryl methyl sites for hydroxylation is 1. The third-order valence-electron chi connectivity index (χ3n) is 4.71. The van der Waals surface area contributed by atoms with Crippen molar-refractivity contribution in [3.05, 3.63) is 52.2 Å². The molecule has 0 saturated heterocycles. The maximum absolute atomic E-state index is 12.7. The van der Waals surface area contributed by atoms with Crippen LogP contribution in [-0.2, 0) is 24.8 Å². The van der Waals surface area contributed by atoms with E-state index in [4.69, 9.17) is 0 Å². The normalized spacial score (nSPS) is 13.6. The molecule has 3 heterocycles. The topological polar surface area (TPSA) is 87.1 Å². The number of H-pyrrole nitrogens is 1. The Kier molecular flexibility index (Phi) is 4.04. The fourth-order valence-corrected chi connectivity index (χ4v) is 3.51. The predicted molar refractivity (Wildman–Crippen MR) is 98.0 cm³/mol. The van der Waals surface area contributed by atoms with Crippen LogP contribution in [0.2, 0.25) is 0 Å². The number of fused-ring (bicyclic) bond motifs is 2. The van der Waals surface area contributed by atoms with Crippen LogP contribution in [0.3, 0.4) is 0 Å². The van der Waals surface area contributed by atoms with Gasteiger partial charge < -0.3 is 9.88 Å². The van der Waals surface area contributed by atoms with Gasteiger partial charge in [0.25, 0.3) is 5.56 Å². The van der Waals surface area contributed by atoms with Crippen LogP contribution in [0.4, 0.5) is 5.69 Å². The van der Waals surface area contributed by atoms with E-state index < -0.39 is 0 Å². The molecule has 2 aromatic heterocycles. The standard InChI is InChI=1S/C18H20N6O2/c1-22(9-13-16-17(23(2)21-13)19-11-20-18(16)26)10-15(25)24-8-7-12-5-3-4-6-14(12)24/h3-6,11H,7-10H2,1-2H3,(H,19,20,26). The van der Waals surface area contributed by atoms with Gasteiger partial charge in [-0.1, -0.05) is 18.2 Å². The Hall–Kier alpha value is -3.00. The van der Waals surface area contributed by atoms with E-state index in [1.807, 2.05) is 35.0 Å². The molecule has 0 atom stereocenters. The lowest BCUT2D eigenvalue weighted by molar-refractivity contribution is -0.119. The number of benzene rings is 1. The molecule has 8 nitrogen and oxygen atoms in total. The molecule has 0 bridgehead atoms. The molecular weight excluding hydrogens is 332 g/mol. The van der Waals surface area contributed by atoms with E-state index in [-0.39, 0.29) is 18.0 Å². The van der Waals surface area contributed by atoms with Crippen LogP contribution in [0.15, 0.2) is 35.4 Å². The van der Waals surface area contributed by atoms with Crippen LogP contribution in [0.5, 0.6) is 0 Å². The van der Waals surface area contributed by atoms with E-state index in [1.165, 1.54) is 11.9 Å². The Balaban J connectivity index is 1.51. The molecular formula is C18H20N6O2. The molecule has 4 rings (SSSR count). The van der Waals surface area contributed by atoms with Crippen molar-refractivity contribution in [2.24, 2.45) is 7.05 Å². The van der Waals surface area contributed by atoms with Crippen molar-refractivity contribution in [1.82, 2.24) is 24.6 Å². The first kappa shape index (κ1) is 16.5. The second-order valence-corrected chi connectivity index (χ2v) is 6.60. The van der Waals surface area contributed by atoms with Crippen molar-refractivity contribution in [2.75, 3.05) is 25.0 Å². The highest BCUT2D eigenvalue weighted by Gasteiger charge is 2.25. The summed E-state index contributed by atoms with van der Waals surface area (Å²) in [5, 5.41) is 4.87. The molecule has 0 unspecified atom stereocenters. The van der Waals surface area contributed by atoms with Crippen molar-refractivity contribution in [1.29, 1.82) is 0 Å². The number of nitrogens with one attached hydrogen (secondary N) is 1. The van der Waals surface area contributed by atoms with Crippen LogP contribution in [0.25, 0.3) is 11.0 Å². The average molecular weight is 352 g/mol. The summed E-state index contributed by atoms with van der Waals surface area (Å²) in [6.07, 6.45) is 2.26. The van der Waals surface area contributed by atoms with E-state index in [0.717, 1.165) is 12.1 Å². The highest BCUT2D eigenvalue weighted by Crippen LogP contribution is 2.27. The third kappa shape index (κ3) is 2.78. The molecule has 1 N–H and O–H groups in total. The number of rotatable bonds is 4. The number of carbonyl (C=O) groups excluding carboxylic acids is 1. The number of likely N-dealkylation sites (N-methyl/N-ethyl adjacent to an activating group) is 1. The highest BCUT2D eigenvalue weighted by atomic mass is 16.2. The summed E-state index contributed by atoms with van der Waals surface area (Å²) < 4.78 is 1.59. The van der Waals surface area contributed by atoms with E-state index in [0.29, 0.717) is 29.8 Å². The first-order chi connectivity index (χ1) is 12.5. The summed E-state index contributed by atoms with van der Waals surface area (Å²) in [5.74, 6) is 0.0460. The summed E-state index contributed by atoms with van der Waals surface area (Å²) in [5.41, 5.74) is 3.14. The summed E-state index contributed by atoms with van der Waals surface area (Å²) in [4.78, 5) is 35.3. The molecule has 134 valence electrons. The minimum absolute atomic E-state index is 0.0460. The van der Waals surface area contributed by atoms with Crippen molar-refractivity contribution >= 4 is 22.6 Å². The van der Waals surface area contributed by atoms with Gasteiger partial charge in [-0.25, -0.2) is 9.67 Å². The summed E-state index contributed by atoms with van der Waals surface area (Å²) in [6, 6.07) is 7.99. The number of carbonyl (C=O) groups is 1. The number of aromatic amines is 1. The Labute approximate surface area is 150 Å². The van der Waals surface area contributed by atoms with E-state index >= 15 is 0 Å². The molecule has 1 aliphatic heterocycles. The molecule has 0 radical (unpaired) electrons. The van der Waals surface area contributed by atoms with Crippen molar-refractivity contribution in [2.45, 2.75) is 13.0 Å². The van der Waals surface area contributed by atoms with Gasteiger partial charge in [0.1, 0.15) is 5.39 Å². The van der Waals surface area contributed by atoms with Crippen LogP contribution in [0, 0.1) is 0 Å². The van der Waals surface area contributed by atoms with Gasteiger partial charge in [-0.15, -0.1) is 0 Å². The number of hydrogen-bond donors (Lipinski definition) is 1. The Morgan fingerprint density at radius 2 is 2.15 bits per heavy atom. The zero-order chi connectivity index (χ0) is 18.3. The first-order valence-corrected chi connectivity index (χ1v) is 8.50. The molecule has 8 heteroatoms. The van der Waals surface area contributed by atoms with E-state index in [9.17, 15) is 9.59 Å². The molecule has 0 fully saturated rings. The fourth-order valence-electron chi connectivity index (χ4n) is 3.51. The minimum Gasteiger partial charge on any atom is -0.312 e. The van der Waals surface area contributed by atoms with Gasteiger partial charge in [-0.3, -0.25) is 14.5 Å². The summed E-state index contributed by atoms with van der Waals surface area (Å²) >= 11 is 0. The number of nitrogens with zero attached hydrogens (tertiary/aromatic N) is 5. The maximum Gasteiger partial charge on any atom is 0.262 e. The largest absolute Gasteiger partial charge is 0.312 e. The third-order valence-corrected chi connectivity index (χ3v) is 4.71. The van der Waals surface area contributed by atoms with Gasteiger partial charge in [-0.05, 0) is 25.1 Å². The summed E-state index contributed by atoms with van der Waals surface area (Å²) in [6.45, 7) is 1.36. The first-order valence-electron chi connectivity index (χ1n) is 8.50. The van der Waals surface area contributed by atoms with Crippen LogP contribution in [-0.4, -0.2) is 50.7 Å². The van der Waals surface area contributed by atoms with Crippen LogP contribution < -0.4 is 10.5 Å². The number of para-hydroxylation sites is 1. The van der Waals surface area contributed by atoms with E-state index in [2.05, 4.69) is 21.1 Å². The molecule has 1 aromatic carbocycles. The van der Waals surface area contributed by atoms with Gasteiger partial charge >= 0.3 is 0 Å². The monoisotopic (exact) mass is 352 g/mol. The van der Waals surface area contributed by atoms with Crippen molar-refractivity contribution in [3.8, 4) is 0 Å². The quantitative estimate of drug-likeness (QED) is 0.746. The lowest BCUT2D eigenvalue weighted by atomic mass is 10.2. The second-order valence-electron chi connectivity index (χ2n) is 6.60. The number of anilines is 1. The molecule has 3 aromatic rings. The smallest absolute Gasteiger partial charge is 0.262 e. The highest BCUT2D eigenvalue weighted by molar-refractivity contribution is 5.96. The predicted octanol–water partition coefficient (Wildman–Crippen LogP) is 0.678. The van der Waals surface area contributed by atoms with Gasteiger partial charge in [0.05, 0.1) is 18.6 Å². The Morgan fingerprint density at radius 1 is 1.35 bits per heavy atom. The van der Waals surface area contributed by atoms with Gasteiger partial charge in [0, 0.05) is 25.8 Å².